The normalized spacial score (nSPS) is 15.3. The molecule has 1 N–H and O–H groups in total. The number of aliphatic carboxylic acids is 1. The van der Waals surface area contributed by atoms with Gasteiger partial charge in [0.25, 0.3) is 0 Å². The summed E-state index contributed by atoms with van der Waals surface area (Å²) in [6.45, 7) is 0.502. The maximum absolute atomic E-state index is 11.7. The minimum absolute atomic E-state index is 0.405. The first-order valence-corrected chi connectivity index (χ1v) is 9.52. The van der Waals surface area contributed by atoms with Crippen LogP contribution in [0.3, 0.4) is 0 Å². The lowest BCUT2D eigenvalue weighted by molar-refractivity contribution is -0.139. The molecule has 1 aliphatic carbocycles. The van der Waals surface area contributed by atoms with Crippen molar-refractivity contribution in [3.63, 3.8) is 0 Å². The van der Waals surface area contributed by atoms with Gasteiger partial charge >= 0.3 is 5.97 Å². The van der Waals surface area contributed by atoms with Crippen molar-refractivity contribution < 1.29 is 19.4 Å². The number of carboxylic acid groups (broad SMARTS) is 1. The van der Waals surface area contributed by atoms with Crippen molar-refractivity contribution in [3.05, 3.63) is 42.0 Å². The molecule has 0 spiro atoms. The number of carbonyl (C=O) groups is 2. The van der Waals surface area contributed by atoms with E-state index >= 15 is 0 Å². The average Bonchev–Trinajstić information content (AvgIpc) is 3.01. The monoisotopic (exact) mass is 365 g/mol. The van der Waals surface area contributed by atoms with E-state index < -0.39 is 12.6 Å². The molecule has 1 aliphatic rings. The highest BCUT2D eigenvalue weighted by Crippen LogP contribution is 2.38. The van der Waals surface area contributed by atoms with Crippen LogP contribution in [0.4, 0.5) is 0 Å². The second kappa shape index (κ2) is 7.43. The SMILES string of the molecule is O=Cc1cccc2c1c1c(OCC(=O)O)cccc1n2CC1CCCCC1. The molecule has 140 valence electrons. The van der Waals surface area contributed by atoms with E-state index in [4.69, 9.17) is 9.84 Å². The Bertz CT molecular complexity index is 998. The summed E-state index contributed by atoms with van der Waals surface area (Å²) in [6, 6.07) is 11.4. The molecule has 0 bridgehead atoms. The van der Waals surface area contributed by atoms with E-state index in [0.717, 1.165) is 34.6 Å². The van der Waals surface area contributed by atoms with Gasteiger partial charge in [-0.25, -0.2) is 4.79 Å². The molecule has 5 heteroatoms. The molecule has 0 saturated heterocycles. The molecule has 0 unspecified atom stereocenters. The number of aromatic nitrogens is 1. The largest absolute Gasteiger partial charge is 0.481 e. The smallest absolute Gasteiger partial charge is 0.341 e. The Morgan fingerprint density at radius 2 is 1.78 bits per heavy atom. The number of hydrogen-bond acceptors (Lipinski definition) is 3. The van der Waals surface area contributed by atoms with E-state index in [1.54, 1.807) is 12.1 Å². The van der Waals surface area contributed by atoms with E-state index in [1.807, 2.05) is 24.3 Å². The Morgan fingerprint density at radius 1 is 1.07 bits per heavy atom. The number of hydrogen-bond donors (Lipinski definition) is 1. The fraction of sp³-hybridized carbons (Fsp3) is 0.364. The van der Waals surface area contributed by atoms with Gasteiger partial charge in [0.05, 0.1) is 10.9 Å². The summed E-state index contributed by atoms with van der Waals surface area (Å²) in [7, 11) is 0. The molecule has 5 nitrogen and oxygen atoms in total. The second-order valence-corrected chi connectivity index (χ2v) is 7.31. The zero-order valence-electron chi connectivity index (χ0n) is 15.2. The third kappa shape index (κ3) is 3.29. The summed E-state index contributed by atoms with van der Waals surface area (Å²) in [4.78, 5) is 22.7. The van der Waals surface area contributed by atoms with Crippen molar-refractivity contribution in [2.24, 2.45) is 5.92 Å². The molecule has 3 aromatic rings. The third-order valence-corrected chi connectivity index (χ3v) is 5.55. The Labute approximate surface area is 157 Å². The first kappa shape index (κ1) is 17.6. The van der Waals surface area contributed by atoms with E-state index in [1.165, 1.54) is 32.1 Å². The first-order chi connectivity index (χ1) is 13.2. The lowest BCUT2D eigenvalue weighted by Crippen LogP contribution is -2.14. The molecule has 1 fully saturated rings. The zero-order chi connectivity index (χ0) is 18.8. The highest BCUT2D eigenvalue weighted by molar-refractivity contribution is 6.16. The Balaban J connectivity index is 1.91. The molecular formula is C22H23NO4. The number of benzene rings is 2. The third-order valence-electron chi connectivity index (χ3n) is 5.55. The summed E-state index contributed by atoms with van der Waals surface area (Å²) < 4.78 is 7.84. The molecule has 1 heterocycles. The van der Waals surface area contributed by atoms with Crippen LogP contribution in [-0.4, -0.2) is 28.5 Å². The first-order valence-electron chi connectivity index (χ1n) is 9.52. The lowest BCUT2D eigenvalue weighted by atomic mass is 9.89. The summed E-state index contributed by atoms with van der Waals surface area (Å²) >= 11 is 0. The molecule has 0 aliphatic heterocycles. The van der Waals surface area contributed by atoms with Gasteiger partial charge in [0.1, 0.15) is 5.75 Å². The molecule has 2 aromatic carbocycles. The summed E-state index contributed by atoms with van der Waals surface area (Å²) in [5.74, 6) is 0.117. The van der Waals surface area contributed by atoms with Crippen LogP contribution in [0.25, 0.3) is 21.8 Å². The minimum Gasteiger partial charge on any atom is -0.481 e. The number of carbonyl (C=O) groups excluding carboxylic acids is 1. The second-order valence-electron chi connectivity index (χ2n) is 7.31. The van der Waals surface area contributed by atoms with Crippen LogP contribution >= 0.6 is 0 Å². The molecule has 0 atom stereocenters. The van der Waals surface area contributed by atoms with Crippen LogP contribution in [0.2, 0.25) is 0 Å². The molecule has 0 radical (unpaired) electrons. The number of fused-ring (bicyclic) bond motifs is 3. The molecule has 1 saturated carbocycles. The Morgan fingerprint density at radius 3 is 2.48 bits per heavy atom. The van der Waals surface area contributed by atoms with Gasteiger partial charge in [0, 0.05) is 23.0 Å². The van der Waals surface area contributed by atoms with Crippen molar-refractivity contribution in [2.75, 3.05) is 6.61 Å². The van der Waals surface area contributed by atoms with E-state index in [9.17, 15) is 9.59 Å². The fourth-order valence-corrected chi connectivity index (χ4v) is 4.36. The van der Waals surface area contributed by atoms with Gasteiger partial charge in [-0.2, -0.15) is 0 Å². The van der Waals surface area contributed by atoms with E-state index in [2.05, 4.69) is 4.57 Å². The minimum atomic E-state index is -1.02. The number of rotatable bonds is 6. The number of ether oxygens (including phenoxy) is 1. The highest BCUT2D eigenvalue weighted by Gasteiger charge is 2.21. The molecular weight excluding hydrogens is 342 g/mol. The zero-order valence-corrected chi connectivity index (χ0v) is 15.2. The maximum Gasteiger partial charge on any atom is 0.341 e. The average molecular weight is 365 g/mol. The molecule has 4 rings (SSSR count). The Hall–Kier alpha value is -2.82. The fourth-order valence-electron chi connectivity index (χ4n) is 4.36. The number of aldehydes is 1. The van der Waals surface area contributed by atoms with Crippen LogP contribution in [0.15, 0.2) is 36.4 Å². The van der Waals surface area contributed by atoms with Gasteiger partial charge in [-0.05, 0) is 37.0 Å². The van der Waals surface area contributed by atoms with E-state index in [-0.39, 0.29) is 0 Å². The summed E-state index contributed by atoms with van der Waals surface area (Å²) in [5, 5.41) is 10.7. The standard InChI is InChI=1S/C22H23NO4/c24-13-16-8-4-9-17-21(16)22-18(10-5-11-19(22)27-14-20(25)26)23(17)12-15-6-2-1-3-7-15/h4-5,8-11,13,15H,1-3,6-7,12,14H2,(H,25,26). The van der Waals surface area contributed by atoms with Crippen molar-refractivity contribution in [2.45, 2.75) is 38.6 Å². The van der Waals surface area contributed by atoms with Gasteiger partial charge in [0.15, 0.2) is 12.9 Å². The quantitative estimate of drug-likeness (QED) is 0.646. The number of carboxylic acids is 1. The summed E-state index contributed by atoms with van der Waals surface area (Å²) in [6.07, 6.45) is 7.17. The van der Waals surface area contributed by atoms with Crippen molar-refractivity contribution in [1.29, 1.82) is 0 Å². The number of nitrogens with zero attached hydrogens (tertiary/aromatic N) is 1. The predicted molar refractivity (Wildman–Crippen MR) is 105 cm³/mol. The van der Waals surface area contributed by atoms with Gasteiger partial charge in [-0.3, -0.25) is 4.79 Å². The topological polar surface area (TPSA) is 68.5 Å². The van der Waals surface area contributed by atoms with Crippen LogP contribution in [-0.2, 0) is 11.3 Å². The van der Waals surface area contributed by atoms with E-state index in [0.29, 0.717) is 17.2 Å². The van der Waals surface area contributed by atoms with Gasteiger partial charge in [-0.1, -0.05) is 37.5 Å². The van der Waals surface area contributed by atoms with Crippen LogP contribution in [0.1, 0.15) is 42.5 Å². The van der Waals surface area contributed by atoms with Crippen molar-refractivity contribution in [3.8, 4) is 5.75 Å². The van der Waals surface area contributed by atoms with Crippen molar-refractivity contribution in [1.82, 2.24) is 4.57 Å². The molecule has 1 aromatic heterocycles. The van der Waals surface area contributed by atoms with Crippen LogP contribution < -0.4 is 4.74 Å². The predicted octanol–water partition coefficient (Wildman–Crippen LogP) is 4.65. The van der Waals surface area contributed by atoms with Gasteiger partial charge < -0.3 is 14.4 Å². The maximum atomic E-state index is 11.7. The Kier molecular flexibility index (Phi) is 4.84. The van der Waals surface area contributed by atoms with Crippen LogP contribution in [0.5, 0.6) is 5.75 Å². The summed E-state index contributed by atoms with van der Waals surface area (Å²) in [5.41, 5.74) is 2.60. The van der Waals surface area contributed by atoms with Crippen molar-refractivity contribution >= 4 is 34.1 Å². The lowest BCUT2D eigenvalue weighted by Gasteiger charge is -2.23. The van der Waals surface area contributed by atoms with Gasteiger partial charge in [-0.15, -0.1) is 0 Å². The molecule has 0 amide bonds. The van der Waals surface area contributed by atoms with Crippen LogP contribution in [0, 0.1) is 5.92 Å². The molecule has 27 heavy (non-hydrogen) atoms. The van der Waals surface area contributed by atoms with Gasteiger partial charge in [0.2, 0.25) is 0 Å². The highest BCUT2D eigenvalue weighted by atomic mass is 16.5.